The van der Waals surface area contributed by atoms with Gasteiger partial charge in [-0.15, -0.1) is 0 Å². The molecule has 2 fully saturated rings. The summed E-state index contributed by atoms with van der Waals surface area (Å²) in [4.78, 5) is 17.5. The number of nitrogens with zero attached hydrogens (tertiary/aromatic N) is 2. The highest BCUT2D eigenvalue weighted by molar-refractivity contribution is 5.93. The van der Waals surface area contributed by atoms with Gasteiger partial charge in [0.15, 0.2) is 0 Å². The molecule has 2 heterocycles. The highest BCUT2D eigenvalue weighted by Crippen LogP contribution is 2.62. The number of primary amides is 1. The van der Waals surface area contributed by atoms with Gasteiger partial charge in [-0.05, 0) is 24.0 Å². The van der Waals surface area contributed by atoms with Crippen molar-refractivity contribution in [3.05, 3.63) is 23.9 Å². The van der Waals surface area contributed by atoms with E-state index in [0.29, 0.717) is 17.4 Å². The van der Waals surface area contributed by atoms with Gasteiger partial charge in [0.05, 0.1) is 13.2 Å². The molecular weight excluding hydrogens is 246 g/mol. The van der Waals surface area contributed by atoms with Crippen molar-refractivity contribution in [3.8, 4) is 0 Å². The predicted molar refractivity (Wildman–Crippen MR) is 68.6 cm³/mol. The van der Waals surface area contributed by atoms with Crippen LogP contribution >= 0.6 is 0 Å². The maximum absolute atomic E-state index is 11.1. The third-order valence-electron chi connectivity index (χ3n) is 4.63. The van der Waals surface area contributed by atoms with Crippen molar-refractivity contribution in [1.29, 1.82) is 0 Å². The van der Waals surface area contributed by atoms with E-state index >= 15 is 0 Å². The number of aromatic nitrogens is 1. The van der Waals surface area contributed by atoms with Crippen LogP contribution in [-0.4, -0.2) is 47.4 Å². The molecule has 1 saturated heterocycles. The first kappa shape index (κ1) is 12.4. The lowest BCUT2D eigenvalue weighted by atomic mass is 10.0. The van der Waals surface area contributed by atoms with Gasteiger partial charge in [0, 0.05) is 30.3 Å². The number of fused-ring (bicyclic) bond motifs is 1. The molecule has 2 atom stereocenters. The average Bonchev–Trinajstić information content (AvgIpc) is 2.81. The lowest BCUT2D eigenvalue weighted by Crippen LogP contribution is -2.32. The molecule has 0 spiro atoms. The largest absolute Gasteiger partial charge is 0.396 e. The second-order valence-electron chi connectivity index (χ2n) is 5.43. The van der Waals surface area contributed by atoms with Crippen molar-refractivity contribution in [1.82, 2.24) is 4.98 Å². The van der Waals surface area contributed by atoms with Gasteiger partial charge in [0.1, 0.15) is 5.82 Å². The Labute approximate surface area is 110 Å². The van der Waals surface area contributed by atoms with Gasteiger partial charge in [-0.25, -0.2) is 4.98 Å². The Hall–Kier alpha value is -1.66. The molecule has 2 unspecified atom stereocenters. The zero-order valence-electron chi connectivity index (χ0n) is 10.5. The lowest BCUT2D eigenvalue weighted by Gasteiger charge is -2.25. The van der Waals surface area contributed by atoms with Crippen LogP contribution in [0.5, 0.6) is 0 Å². The molecule has 2 aliphatic rings. The zero-order chi connectivity index (χ0) is 13.6. The summed E-state index contributed by atoms with van der Waals surface area (Å²) in [5, 5.41) is 18.8. The lowest BCUT2D eigenvalue weighted by molar-refractivity contribution is 0.1000. The van der Waals surface area contributed by atoms with Crippen LogP contribution in [0.1, 0.15) is 10.4 Å². The number of hydrogen-bond acceptors (Lipinski definition) is 5. The summed E-state index contributed by atoms with van der Waals surface area (Å²) in [6.45, 7) is 1.56. The van der Waals surface area contributed by atoms with Crippen molar-refractivity contribution >= 4 is 11.7 Å². The number of piperidine rings is 1. The molecule has 1 saturated carbocycles. The fourth-order valence-electron chi connectivity index (χ4n) is 3.29. The average molecular weight is 263 g/mol. The Bertz CT molecular complexity index is 502. The van der Waals surface area contributed by atoms with Gasteiger partial charge < -0.3 is 20.8 Å². The fraction of sp³-hybridized carbons (Fsp3) is 0.538. The minimum absolute atomic E-state index is 0.0292. The quantitative estimate of drug-likeness (QED) is 0.661. The topological polar surface area (TPSA) is 99.7 Å². The molecule has 4 N–H and O–H groups in total. The van der Waals surface area contributed by atoms with Crippen LogP contribution in [0.25, 0.3) is 0 Å². The van der Waals surface area contributed by atoms with Crippen molar-refractivity contribution in [2.75, 3.05) is 31.2 Å². The number of amides is 1. The van der Waals surface area contributed by atoms with E-state index in [1.165, 1.54) is 0 Å². The van der Waals surface area contributed by atoms with Crippen LogP contribution < -0.4 is 10.6 Å². The van der Waals surface area contributed by atoms with E-state index in [1.807, 2.05) is 0 Å². The Kier molecular flexibility index (Phi) is 2.72. The zero-order valence-corrected chi connectivity index (χ0v) is 10.5. The molecule has 1 aliphatic heterocycles. The number of anilines is 1. The molecule has 1 amide bonds. The number of carbonyl (C=O) groups is 1. The molecule has 0 aromatic carbocycles. The van der Waals surface area contributed by atoms with E-state index < -0.39 is 5.91 Å². The molecule has 1 aliphatic carbocycles. The van der Waals surface area contributed by atoms with Crippen LogP contribution in [0.3, 0.4) is 0 Å². The number of hydrogen-bond donors (Lipinski definition) is 3. The molecule has 102 valence electrons. The summed E-state index contributed by atoms with van der Waals surface area (Å²) in [6, 6.07) is 3.28. The van der Waals surface area contributed by atoms with Crippen LogP contribution in [0.15, 0.2) is 18.3 Å². The number of aliphatic hydroxyl groups excluding tert-OH is 2. The third kappa shape index (κ3) is 1.71. The van der Waals surface area contributed by atoms with Gasteiger partial charge in [-0.3, -0.25) is 4.79 Å². The van der Waals surface area contributed by atoms with E-state index in [1.54, 1.807) is 18.3 Å². The van der Waals surface area contributed by atoms with E-state index in [-0.39, 0.29) is 18.6 Å². The number of pyridine rings is 1. The SMILES string of the molecule is NC(=O)c1ccnc(N2CC3C(C2)C3(CO)CO)c1. The number of nitrogens with two attached hydrogens (primary N) is 1. The second kappa shape index (κ2) is 4.18. The first-order valence-corrected chi connectivity index (χ1v) is 6.35. The molecule has 19 heavy (non-hydrogen) atoms. The van der Waals surface area contributed by atoms with Crippen LogP contribution in [0, 0.1) is 17.3 Å². The summed E-state index contributed by atoms with van der Waals surface area (Å²) in [5.41, 5.74) is 5.39. The molecule has 0 bridgehead atoms. The summed E-state index contributed by atoms with van der Waals surface area (Å²) < 4.78 is 0. The van der Waals surface area contributed by atoms with Crippen molar-refractivity contribution in [3.63, 3.8) is 0 Å². The van der Waals surface area contributed by atoms with Gasteiger partial charge in [-0.2, -0.15) is 0 Å². The van der Waals surface area contributed by atoms with E-state index in [9.17, 15) is 15.0 Å². The summed E-state index contributed by atoms with van der Waals surface area (Å²) in [5.74, 6) is 0.879. The van der Waals surface area contributed by atoms with Gasteiger partial charge in [0.2, 0.25) is 5.91 Å². The van der Waals surface area contributed by atoms with Crippen LogP contribution in [0.4, 0.5) is 5.82 Å². The van der Waals surface area contributed by atoms with Gasteiger partial charge >= 0.3 is 0 Å². The maximum Gasteiger partial charge on any atom is 0.248 e. The highest BCUT2D eigenvalue weighted by Gasteiger charge is 2.67. The molecule has 0 radical (unpaired) electrons. The Morgan fingerprint density at radius 2 is 2.05 bits per heavy atom. The monoisotopic (exact) mass is 263 g/mol. The summed E-state index contributed by atoms with van der Waals surface area (Å²) in [7, 11) is 0. The minimum atomic E-state index is -0.465. The summed E-state index contributed by atoms with van der Waals surface area (Å²) >= 11 is 0. The van der Waals surface area contributed by atoms with Crippen LogP contribution in [-0.2, 0) is 0 Å². The number of rotatable bonds is 4. The van der Waals surface area contributed by atoms with Crippen molar-refractivity contribution in [2.24, 2.45) is 23.0 Å². The Morgan fingerprint density at radius 3 is 2.58 bits per heavy atom. The molecular formula is C13H17N3O3. The van der Waals surface area contributed by atoms with Crippen LogP contribution in [0.2, 0.25) is 0 Å². The molecule has 1 aromatic rings. The fourth-order valence-corrected chi connectivity index (χ4v) is 3.29. The maximum atomic E-state index is 11.1. The van der Waals surface area contributed by atoms with E-state index in [0.717, 1.165) is 18.9 Å². The summed E-state index contributed by atoms with van der Waals surface area (Å²) in [6.07, 6.45) is 1.57. The van der Waals surface area contributed by atoms with E-state index in [2.05, 4.69) is 9.88 Å². The number of aliphatic hydroxyl groups is 2. The highest BCUT2D eigenvalue weighted by atomic mass is 16.3. The number of carbonyl (C=O) groups excluding carboxylic acids is 1. The predicted octanol–water partition coefficient (Wildman–Crippen LogP) is -0.782. The third-order valence-corrected chi connectivity index (χ3v) is 4.63. The smallest absolute Gasteiger partial charge is 0.248 e. The van der Waals surface area contributed by atoms with Crippen molar-refractivity contribution in [2.45, 2.75) is 0 Å². The first-order valence-electron chi connectivity index (χ1n) is 6.35. The first-order chi connectivity index (χ1) is 9.12. The minimum Gasteiger partial charge on any atom is -0.396 e. The second-order valence-corrected chi connectivity index (χ2v) is 5.43. The Balaban J connectivity index is 1.75. The van der Waals surface area contributed by atoms with Gasteiger partial charge in [0.25, 0.3) is 0 Å². The normalized spacial score (nSPS) is 27.2. The Morgan fingerprint density at radius 1 is 1.42 bits per heavy atom. The molecule has 1 aromatic heterocycles. The van der Waals surface area contributed by atoms with E-state index in [4.69, 9.17) is 5.73 Å². The molecule has 6 heteroatoms. The molecule has 3 rings (SSSR count). The standard InChI is InChI=1S/C13H17N3O3/c14-12(19)8-1-2-15-11(3-8)16-4-9-10(5-16)13(9,6-17)7-18/h1-3,9-10,17-18H,4-7H2,(H2,14,19). The van der Waals surface area contributed by atoms with Gasteiger partial charge in [-0.1, -0.05) is 0 Å². The molecule has 6 nitrogen and oxygen atoms in total. The van der Waals surface area contributed by atoms with Crippen molar-refractivity contribution < 1.29 is 15.0 Å².